The van der Waals surface area contributed by atoms with E-state index in [-0.39, 0.29) is 0 Å². The van der Waals surface area contributed by atoms with Crippen LogP contribution in [0.5, 0.6) is 0 Å². The molecule has 2 N–H and O–H groups in total. The van der Waals surface area contributed by atoms with Gasteiger partial charge in [-0.15, -0.1) is 0 Å². The summed E-state index contributed by atoms with van der Waals surface area (Å²) < 4.78 is 0. The van der Waals surface area contributed by atoms with Crippen LogP contribution in [-0.2, 0) is 0 Å². The number of nitrogens with zero attached hydrogens (tertiary/aromatic N) is 1. The molecule has 0 aromatic heterocycles. The van der Waals surface area contributed by atoms with Gasteiger partial charge in [-0.05, 0) is 18.9 Å². The van der Waals surface area contributed by atoms with Gasteiger partial charge in [-0.25, -0.2) is 0 Å². The summed E-state index contributed by atoms with van der Waals surface area (Å²) >= 11 is 0. The van der Waals surface area contributed by atoms with Crippen LogP contribution in [-0.4, -0.2) is 18.5 Å². The highest BCUT2D eigenvalue weighted by atomic mass is 15.2. The number of rotatable bonds is 0. The molecule has 1 aliphatic rings. The molecule has 2 heteroatoms. The Morgan fingerprint density at radius 3 is 2.88 bits per heavy atom. The van der Waals surface area contributed by atoms with Crippen molar-refractivity contribution < 1.29 is 0 Å². The van der Waals surface area contributed by atoms with Crippen LogP contribution in [0.2, 0.25) is 0 Å². The molecule has 0 spiro atoms. The fourth-order valence-corrected chi connectivity index (χ4v) is 0.863. The van der Waals surface area contributed by atoms with Gasteiger partial charge in [0.05, 0.1) is 5.82 Å². The van der Waals surface area contributed by atoms with Gasteiger partial charge in [0.2, 0.25) is 0 Å². The van der Waals surface area contributed by atoms with E-state index in [4.69, 9.17) is 5.73 Å². The van der Waals surface area contributed by atoms with Crippen LogP contribution in [0.25, 0.3) is 0 Å². The predicted molar refractivity (Wildman–Crippen MR) is 34.1 cm³/mol. The summed E-state index contributed by atoms with van der Waals surface area (Å²) in [6.07, 6.45) is 4.47. The molecule has 0 aliphatic carbocycles. The lowest BCUT2D eigenvalue weighted by Gasteiger charge is -2.22. The SMILES string of the molecule is CN1CCCC=C1N. The van der Waals surface area contributed by atoms with Gasteiger partial charge in [0.15, 0.2) is 0 Å². The number of hydrogen-bond donors (Lipinski definition) is 1. The van der Waals surface area contributed by atoms with Crippen molar-refractivity contribution in [3.05, 3.63) is 11.9 Å². The first-order chi connectivity index (χ1) is 3.80. The molecule has 0 aromatic rings. The first-order valence-electron chi connectivity index (χ1n) is 2.97. The molecule has 0 bridgehead atoms. The maximum atomic E-state index is 5.57. The van der Waals surface area contributed by atoms with Crippen LogP contribution in [0.3, 0.4) is 0 Å². The molecule has 0 radical (unpaired) electrons. The Balaban J connectivity index is 2.53. The summed E-state index contributed by atoms with van der Waals surface area (Å²) in [6, 6.07) is 0. The molecular formula is C6H12N2. The molecule has 1 rings (SSSR count). The zero-order chi connectivity index (χ0) is 5.98. The van der Waals surface area contributed by atoms with Gasteiger partial charge >= 0.3 is 0 Å². The van der Waals surface area contributed by atoms with Gasteiger partial charge in [-0.3, -0.25) is 0 Å². The molecule has 46 valence electrons. The van der Waals surface area contributed by atoms with Crippen LogP contribution in [0, 0.1) is 0 Å². The van der Waals surface area contributed by atoms with Gasteiger partial charge in [0, 0.05) is 13.6 Å². The second-order valence-electron chi connectivity index (χ2n) is 2.19. The van der Waals surface area contributed by atoms with Crippen molar-refractivity contribution in [2.75, 3.05) is 13.6 Å². The summed E-state index contributed by atoms with van der Waals surface area (Å²) in [5.74, 6) is 0.927. The number of hydrogen-bond acceptors (Lipinski definition) is 2. The van der Waals surface area contributed by atoms with E-state index in [0.717, 1.165) is 18.8 Å². The predicted octanol–water partition coefficient (Wildman–Crippen LogP) is 0.512. The Bertz CT molecular complexity index is 107. The van der Waals surface area contributed by atoms with Crippen LogP contribution in [0.4, 0.5) is 0 Å². The highest BCUT2D eigenvalue weighted by Gasteiger charge is 2.02. The van der Waals surface area contributed by atoms with Gasteiger partial charge in [0.25, 0.3) is 0 Å². The second kappa shape index (κ2) is 2.07. The van der Waals surface area contributed by atoms with Crippen molar-refractivity contribution in [1.82, 2.24) is 4.90 Å². The van der Waals surface area contributed by atoms with E-state index < -0.39 is 0 Å². The molecule has 0 amide bonds. The Labute approximate surface area is 50.0 Å². The lowest BCUT2D eigenvalue weighted by Crippen LogP contribution is -2.27. The molecule has 2 nitrogen and oxygen atoms in total. The largest absolute Gasteiger partial charge is 0.386 e. The summed E-state index contributed by atoms with van der Waals surface area (Å²) in [4.78, 5) is 2.07. The van der Waals surface area contributed by atoms with E-state index in [0.29, 0.717) is 0 Å². The van der Waals surface area contributed by atoms with Gasteiger partial charge in [-0.2, -0.15) is 0 Å². The molecule has 0 unspecified atom stereocenters. The zero-order valence-corrected chi connectivity index (χ0v) is 5.22. The normalized spacial score (nSPS) is 20.6. The molecular weight excluding hydrogens is 100 g/mol. The fourth-order valence-electron chi connectivity index (χ4n) is 0.863. The average molecular weight is 112 g/mol. The van der Waals surface area contributed by atoms with Crippen LogP contribution >= 0.6 is 0 Å². The van der Waals surface area contributed by atoms with Crippen molar-refractivity contribution >= 4 is 0 Å². The lowest BCUT2D eigenvalue weighted by atomic mass is 10.2. The molecule has 0 aromatic carbocycles. The Morgan fingerprint density at radius 2 is 2.50 bits per heavy atom. The Morgan fingerprint density at radius 1 is 1.75 bits per heavy atom. The standard InChI is InChI=1S/C6H12N2/c1-8-5-3-2-4-6(8)7/h4H,2-3,5,7H2,1H3. The smallest absolute Gasteiger partial charge is 0.0942 e. The van der Waals surface area contributed by atoms with Gasteiger partial charge in [-0.1, -0.05) is 0 Å². The number of nitrogens with two attached hydrogens (primary N) is 1. The Kier molecular flexibility index (Phi) is 1.42. The molecule has 1 aliphatic heterocycles. The minimum Gasteiger partial charge on any atom is -0.386 e. The summed E-state index contributed by atoms with van der Waals surface area (Å²) in [6.45, 7) is 1.11. The van der Waals surface area contributed by atoms with E-state index in [9.17, 15) is 0 Å². The molecule has 0 saturated carbocycles. The van der Waals surface area contributed by atoms with E-state index in [2.05, 4.69) is 11.0 Å². The first kappa shape index (κ1) is 5.48. The van der Waals surface area contributed by atoms with Gasteiger partial charge in [0.1, 0.15) is 0 Å². The fraction of sp³-hybridized carbons (Fsp3) is 0.667. The van der Waals surface area contributed by atoms with Crippen LogP contribution in [0.15, 0.2) is 11.9 Å². The maximum absolute atomic E-state index is 5.57. The molecule has 1 heterocycles. The first-order valence-corrected chi connectivity index (χ1v) is 2.97. The molecule has 0 saturated heterocycles. The maximum Gasteiger partial charge on any atom is 0.0942 e. The minimum atomic E-state index is 0.927. The van der Waals surface area contributed by atoms with E-state index in [1.807, 2.05) is 7.05 Å². The van der Waals surface area contributed by atoms with E-state index in [1.165, 1.54) is 6.42 Å². The quantitative estimate of drug-likeness (QED) is 0.494. The van der Waals surface area contributed by atoms with E-state index in [1.54, 1.807) is 0 Å². The highest BCUT2D eigenvalue weighted by molar-refractivity contribution is 4.97. The third-order valence-electron chi connectivity index (χ3n) is 1.49. The molecule has 0 atom stereocenters. The second-order valence-corrected chi connectivity index (χ2v) is 2.19. The van der Waals surface area contributed by atoms with Crippen molar-refractivity contribution in [3.63, 3.8) is 0 Å². The van der Waals surface area contributed by atoms with Crippen LogP contribution < -0.4 is 5.73 Å². The third kappa shape index (κ3) is 0.941. The molecule has 0 fully saturated rings. The topological polar surface area (TPSA) is 29.3 Å². The monoisotopic (exact) mass is 112 g/mol. The summed E-state index contributed by atoms with van der Waals surface area (Å²) in [5.41, 5.74) is 5.57. The van der Waals surface area contributed by atoms with Crippen molar-refractivity contribution in [2.45, 2.75) is 12.8 Å². The van der Waals surface area contributed by atoms with Gasteiger partial charge < -0.3 is 10.6 Å². The average Bonchev–Trinajstić information content (AvgIpc) is 1.77. The lowest BCUT2D eigenvalue weighted by molar-refractivity contribution is 0.384. The van der Waals surface area contributed by atoms with Crippen molar-refractivity contribution in [1.29, 1.82) is 0 Å². The summed E-state index contributed by atoms with van der Waals surface area (Å²) in [7, 11) is 2.02. The number of allylic oxidation sites excluding steroid dienone is 1. The van der Waals surface area contributed by atoms with Crippen LogP contribution in [0.1, 0.15) is 12.8 Å². The van der Waals surface area contributed by atoms with E-state index >= 15 is 0 Å². The summed E-state index contributed by atoms with van der Waals surface area (Å²) in [5, 5.41) is 0. The molecule has 8 heavy (non-hydrogen) atoms. The third-order valence-corrected chi connectivity index (χ3v) is 1.49. The van der Waals surface area contributed by atoms with Crippen molar-refractivity contribution in [2.24, 2.45) is 5.73 Å². The Hall–Kier alpha value is -0.660. The minimum absolute atomic E-state index is 0.927. The van der Waals surface area contributed by atoms with Crippen molar-refractivity contribution in [3.8, 4) is 0 Å². The highest BCUT2D eigenvalue weighted by Crippen LogP contribution is 2.06. The zero-order valence-electron chi connectivity index (χ0n) is 5.22.